The van der Waals surface area contributed by atoms with Crippen LogP contribution in [0.4, 0.5) is 0 Å². The molecule has 1 atom stereocenters. The Hall–Kier alpha value is -2.74. The number of aromatic amines is 1. The third-order valence-electron chi connectivity index (χ3n) is 3.89. The van der Waals surface area contributed by atoms with E-state index in [0.717, 1.165) is 11.5 Å². The minimum absolute atomic E-state index is 0.0877. The molecular weight excluding hydrogens is 296 g/mol. The molecule has 0 unspecified atom stereocenters. The highest BCUT2D eigenvalue weighted by Crippen LogP contribution is 2.21. The van der Waals surface area contributed by atoms with E-state index >= 15 is 0 Å². The van der Waals surface area contributed by atoms with E-state index in [1.54, 1.807) is 40.3 Å². The standard InChI is InChI=1S/C15H16N6O2/c1-10-7-17-13(19-10)12-9-20(5-6-23-12)15(22)11-8-18-21-4-2-3-16-14(11)21/h2-4,7-8,12H,5-6,9H2,1H3,(H,17,19)/t12-/m1/s1. The fraction of sp³-hybridized carbons (Fsp3) is 0.333. The average molecular weight is 312 g/mol. The Bertz CT molecular complexity index is 854. The van der Waals surface area contributed by atoms with Crippen molar-refractivity contribution < 1.29 is 9.53 Å². The van der Waals surface area contributed by atoms with Crippen molar-refractivity contribution in [2.24, 2.45) is 0 Å². The molecular formula is C15H16N6O2. The Morgan fingerprint density at radius 3 is 3.13 bits per heavy atom. The number of carbonyl (C=O) groups excluding carboxylic acids is 1. The summed E-state index contributed by atoms with van der Waals surface area (Å²) >= 11 is 0. The molecule has 4 heterocycles. The number of amides is 1. The van der Waals surface area contributed by atoms with Crippen LogP contribution in [0.25, 0.3) is 5.65 Å². The number of nitrogens with one attached hydrogen (secondary N) is 1. The van der Waals surface area contributed by atoms with Gasteiger partial charge in [0.2, 0.25) is 0 Å². The van der Waals surface area contributed by atoms with Gasteiger partial charge in [0.25, 0.3) is 5.91 Å². The summed E-state index contributed by atoms with van der Waals surface area (Å²) < 4.78 is 7.34. The molecule has 4 rings (SSSR count). The summed E-state index contributed by atoms with van der Waals surface area (Å²) in [4.78, 5) is 26.3. The molecule has 0 aliphatic carbocycles. The summed E-state index contributed by atoms with van der Waals surface area (Å²) in [6, 6.07) is 1.78. The molecule has 8 heteroatoms. The first-order chi connectivity index (χ1) is 11.2. The maximum atomic E-state index is 12.8. The van der Waals surface area contributed by atoms with Gasteiger partial charge >= 0.3 is 0 Å². The number of imidazole rings is 1. The second-order valence-corrected chi connectivity index (χ2v) is 5.51. The highest BCUT2D eigenvalue weighted by Gasteiger charge is 2.29. The van der Waals surface area contributed by atoms with Crippen LogP contribution in [0, 0.1) is 6.92 Å². The number of rotatable bonds is 2. The molecule has 0 saturated carbocycles. The Balaban J connectivity index is 1.58. The number of hydrogen-bond donors (Lipinski definition) is 1. The molecule has 1 aliphatic heterocycles. The van der Waals surface area contributed by atoms with Crippen molar-refractivity contribution in [1.29, 1.82) is 0 Å². The van der Waals surface area contributed by atoms with Gasteiger partial charge in [-0.25, -0.2) is 14.5 Å². The first-order valence-electron chi connectivity index (χ1n) is 7.43. The molecule has 3 aromatic rings. The third-order valence-corrected chi connectivity index (χ3v) is 3.89. The van der Waals surface area contributed by atoms with Gasteiger partial charge in [0.15, 0.2) is 5.65 Å². The molecule has 0 spiro atoms. The van der Waals surface area contributed by atoms with E-state index in [1.165, 1.54) is 0 Å². The minimum Gasteiger partial charge on any atom is -0.367 e. The molecule has 0 radical (unpaired) electrons. The predicted molar refractivity (Wildman–Crippen MR) is 80.9 cm³/mol. The number of aromatic nitrogens is 5. The highest BCUT2D eigenvalue weighted by molar-refractivity contribution is 5.99. The van der Waals surface area contributed by atoms with Crippen LogP contribution in [0.5, 0.6) is 0 Å². The SMILES string of the molecule is Cc1cnc([C@H]2CN(C(=O)c3cnn4cccnc34)CCO2)[nH]1. The van der Waals surface area contributed by atoms with E-state index < -0.39 is 0 Å². The topological polar surface area (TPSA) is 88.4 Å². The second kappa shape index (κ2) is 5.47. The van der Waals surface area contributed by atoms with Crippen LogP contribution < -0.4 is 0 Å². The average Bonchev–Trinajstić information content (AvgIpc) is 3.20. The molecule has 0 aromatic carbocycles. The van der Waals surface area contributed by atoms with Crippen molar-refractivity contribution in [1.82, 2.24) is 29.5 Å². The predicted octanol–water partition coefficient (Wildman–Crippen LogP) is 0.975. The quantitative estimate of drug-likeness (QED) is 0.762. The maximum Gasteiger partial charge on any atom is 0.259 e. The van der Waals surface area contributed by atoms with Gasteiger partial charge in [0, 0.05) is 30.8 Å². The van der Waals surface area contributed by atoms with E-state index in [4.69, 9.17) is 4.74 Å². The summed E-state index contributed by atoms with van der Waals surface area (Å²) in [6.45, 7) is 3.41. The number of ether oxygens (including phenoxy) is 1. The van der Waals surface area contributed by atoms with Crippen LogP contribution in [0.3, 0.4) is 0 Å². The lowest BCUT2D eigenvalue weighted by molar-refractivity contribution is -0.0264. The number of carbonyl (C=O) groups is 1. The number of hydrogen-bond acceptors (Lipinski definition) is 5. The zero-order chi connectivity index (χ0) is 15.8. The zero-order valence-corrected chi connectivity index (χ0v) is 12.6. The summed E-state index contributed by atoms with van der Waals surface area (Å²) in [5, 5.41) is 4.17. The first kappa shape index (κ1) is 13.9. The van der Waals surface area contributed by atoms with Gasteiger partial charge in [0.05, 0.1) is 19.3 Å². The minimum atomic E-state index is -0.240. The lowest BCUT2D eigenvalue weighted by Crippen LogP contribution is -2.42. The van der Waals surface area contributed by atoms with Crippen LogP contribution >= 0.6 is 0 Å². The van der Waals surface area contributed by atoms with Crippen molar-refractivity contribution in [2.45, 2.75) is 13.0 Å². The summed E-state index contributed by atoms with van der Waals surface area (Å²) in [5.41, 5.74) is 2.04. The molecule has 1 aliphatic rings. The van der Waals surface area contributed by atoms with Crippen molar-refractivity contribution in [3.05, 3.63) is 47.9 Å². The smallest absolute Gasteiger partial charge is 0.259 e. The molecule has 8 nitrogen and oxygen atoms in total. The van der Waals surface area contributed by atoms with Gasteiger partial charge in [0.1, 0.15) is 17.5 Å². The Morgan fingerprint density at radius 1 is 1.39 bits per heavy atom. The molecule has 1 N–H and O–H groups in total. The van der Waals surface area contributed by atoms with E-state index in [9.17, 15) is 4.79 Å². The normalized spacial score (nSPS) is 18.5. The van der Waals surface area contributed by atoms with Crippen molar-refractivity contribution in [3.8, 4) is 0 Å². The van der Waals surface area contributed by atoms with Gasteiger partial charge < -0.3 is 14.6 Å². The van der Waals surface area contributed by atoms with E-state index in [-0.39, 0.29) is 12.0 Å². The third kappa shape index (κ3) is 2.46. The lowest BCUT2D eigenvalue weighted by Gasteiger charge is -2.31. The molecule has 1 fully saturated rings. The van der Waals surface area contributed by atoms with Gasteiger partial charge in [-0.1, -0.05) is 0 Å². The van der Waals surface area contributed by atoms with E-state index in [2.05, 4.69) is 20.1 Å². The van der Waals surface area contributed by atoms with Crippen molar-refractivity contribution in [2.75, 3.05) is 19.7 Å². The lowest BCUT2D eigenvalue weighted by atomic mass is 10.2. The maximum absolute atomic E-state index is 12.8. The summed E-state index contributed by atoms with van der Waals surface area (Å²) in [7, 11) is 0. The number of fused-ring (bicyclic) bond motifs is 1. The molecule has 3 aromatic heterocycles. The van der Waals surface area contributed by atoms with Crippen LogP contribution in [0.15, 0.2) is 30.9 Å². The molecule has 0 bridgehead atoms. The number of nitrogens with zero attached hydrogens (tertiary/aromatic N) is 5. The van der Waals surface area contributed by atoms with Gasteiger partial charge in [-0.3, -0.25) is 4.79 Å². The largest absolute Gasteiger partial charge is 0.367 e. The van der Waals surface area contributed by atoms with E-state index in [0.29, 0.717) is 30.9 Å². The van der Waals surface area contributed by atoms with Crippen molar-refractivity contribution in [3.63, 3.8) is 0 Å². The first-order valence-corrected chi connectivity index (χ1v) is 7.43. The Morgan fingerprint density at radius 2 is 2.30 bits per heavy atom. The fourth-order valence-electron chi connectivity index (χ4n) is 2.74. The van der Waals surface area contributed by atoms with Gasteiger partial charge in [-0.05, 0) is 13.0 Å². The number of morpholine rings is 1. The van der Waals surface area contributed by atoms with Crippen molar-refractivity contribution >= 4 is 11.6 Å². The number of H-pyrrole nitrogens is 1. The summed E-state index contributed by atoms with van der Waals surface area (Å²) in [6.07, 6.45) is 6.51. The van der Waals surface area contributed by atoms with Crippen LogP contribution in [-0.2, 0) is 4.74 Å². The molecule has 1 saturated heterocycles. The Kier molecular flexibility index (Phi) is 3.30. The van der Waals surface area contributed by atoms with E-state index in [1.807, 2.05) is 6.92 Å². The second-order valence-electron chi connectivity index (χ2n) is 5.51. The molecule has 1 amide bonds. The van der Waals surface area contributed by atoms with Crippen LogP contribution in [0.1, 0.15) is 28.0 Å². The molecule has 118 valence electrons. The van der Waals surface area contributed by atoms with Crippen LogP contribution in [-0.4, -0.2) is 55.1 Å². The zero-order valence-electron chi connectivity index (χ0n) is 12.6. The Labute approximate surface area is 132 Å². The highest BCUT2D eigenvalue weighted by atomic mass is 16.5. The van der Waals surface area contributed by atoms with Gasteiger partial charge in [-0.15, -0.1) is 0 Å². The fourth-order valence-corrected chi connectivity index (χ4v) is 2.74. The van der Waals surface area contributed by atoms with Crippen LogP contribution in [0.2, 0.25) is 0 Å². The summed E-state index contributed by atoms with van der Waals surface area (Å²) in [5.74, 6) is 0.660. The monoisotopic (exact) mass is 312 g/mol. The van der Waals surface area contributed by atoms with Gasteiger partial charge in [-0.2, -0.15) is 5.10 Å². The number of aryl methyl sites for hydroxylation is 1. The molecule has 23 heavy (non-hydrogen) atoms.